The molecular formula is C36H45ClN6O8S. The van der Waals surface area contributed by atoms with E-state index in [9.17, 15) is 38.0 Å². The Morgan fingerprint density at radius 1 is 1.04 bits per heavy atom. The summed E-state index contributed by atoms with van der Waals surface area (Å²) in [7, 11) is -4.17. The van der Waals surface area contributed by atoms with E-state index < -0.39 is 56.9 Å². The largest absolute Gasteiger partial charge is 0.397 e. The van der Waals surface area contributed by atoms with Gasteiger partial charge in [0.25, 0.3) is 11.6 Å². The van der Waals surface area contributed by atoms with E-state index in [2.05, 4.69) is 5.32 Å². The number of carbonyl (C=O) groups excluding carboxylic acids is 3. The van der Waals surface area contributed by atoms with Crippen LogP contribution < -0.4 is 11.1 Å². The lowest BCUT2D eigenvalue weighted by Gasteiger charge is -2.34. The van der Waals surface area contributed by atoms with Crippen LogP contribution in [0.1, 0.15) is 44.4 Å². The van der Waals surface area contributed by atoms with E-state index in [1.165, 1.54) is 41.3 Å². The zero-order valence-corrected chi connectivity index (χ0v) is 31.3. The van der Waals surface area contributed by atoms with Gasteiger partial charge in [0.15, 0.2) is 0 Å². The standard InChI is InChI=1S/C36H45ClN6O8S/c1-22(2)18-40(52(50,51)27-12-13-28(37)29(38)17-27)20-32(44)30(16-25-9-7-6-8-10-25)39-35(46)34(23(3)4)42-21-33(45)41(36(42)47)19-26-11-14-31(43(48)49)24(5)15-26/h6-15,17,22-23,30,32,34,44H,16,18-21,38H2,1-5H3,(H,39,46)/t30-,32+,34-/m0/s1. The number of halogens is 1. The summed E-state index contributed by atoms with van der Waals surface area (Å²) in [5.74, 6) is -1.78. The maximum atomic E-state index is 14.1. The number of sulfonamides is 1. The van der Waals surface area contributed by atoms with Crippen LogP contribution in [0.2, 0.25) is 5.02 Å². The number of nitro benzene ring substituents is 1. The number of hydrogen-bond donors (Lipinski definition) is 3. The highest BCUT2D eigenvalue weighted by Crippen LogP contribution is 2.27. The fraction of sp³-hybridized carbons (Fsp3) is 0.417. The molecule has 0 aliphatic carbocycles. The maximum absolute atomic E-state index is 14.1. The molecule has 0 saturated carbocycles. The van der Waals surface area contributed by atoms with E-state index in [4.69, 9.17) is 17.3 Å². The first-order valence-electron chi connectivity index (χ1n) is 16.8. The molecule has 4 rings (SSSR count). The van der Waals surface area contributed by atoms with Crippen molar-refractivity contribution >= 4 is 50.8 Å². The summed E-state index contributed by atoms with van der Waals surface area (Å²) in [5.41, 5.74) is 7.54. The Kier molecular flexibility index (Phi) is 13.0. The van der Waals surface area contributed by atoms with Crippen molar-refractivity contribution in [1.82, 2.24) is 19.4 Å². The Labute approximate surface area is 308 Å². The van der Waals surface area contributed by atoms with Gasteiger partial charge in [0.05, 0.1) is 39.2 Å². The number of anilines is 1. The first kappa shape index (κ1) is 40.2. The third-order valence-electron chi connectivity index (χ3n) is 8.77. The molecule has 16 heteroatoms. The molecular weight excluding hydrogens is 712 g/mol. The Hall–Kier alpha value is -4.57. The van der Waals surface area contributed by atoms with Crippen molar-refractivity contribution in [3.63, 3.8) is 0 Å². The number of aliphatic hydroxyl groups excluding tert-OH is 1. The minimum atomic E-state index is -4.17. The summed E-state index contributed by atoms with van der Waals surface area (Å²) in [6, 6.07) is 14.5. The van der Waals surface area contributed by atoms with Crippen LogP contribution in [0.25, 0.3) is 0 Å². The molecule has 0 unspecified atom stereocenters. The van der Waals surface area contributed by atoms with Crippen molar-refractivity contribution in [3.05, 3.63) is 98.6 Å². The molecule has 4 amide bonds. The van der Waals surface area contributed by atoms with Crippen molar-refractivity contribution < 1.29 is 32.8 Å². The van der Waals surface area contributed by atoms with Crippen LogP contribution in [-0.2, 0) is 32.6 Å². The lowest BCUT2D eigenvalue weighted by atomic mass is 9.97. The number of benzene rings is 3. The van der Waals surface area contributed by atoms with Gasteiger partial charge in [-0.3, -0.25) is 24.6 Å². The lowest BCUT2D eigenvalue weighted by Crippen LogP contribution is -2.57. The molecule has 3 aromatic rings. The number of nitro groups is 1. The monoisotopic (exact) mass is 756 g/mol. The van der Waals surface area contributed by atoms with E-state index in [0.29, 0.717) is 11.1 Å². The van der Waals surface area contributed by atoms with E-state index in [1.54, 1.807) is 32.9 Å². The van der Waals surface area contributed by atoms with Crippen LogP contribution in [-0.4, -0.2) is 88.2 Å². The zero-order valence-electron chi connectivity index (χ0n) is 29.7. The smallest absolute Gasteiger partial charge is 0.328 e. The van der Waals surface area contributed by atoms with Crippen LogP contribution in [0.15, 0.2) is 71.6 Å². The highest BCUT2D eigenvalue weighted by Gasteiger charge is 2.44. The van der Waals surface area contributed by atoms with Gasteiger partial charge >= 0.3 is 6.03 Å². The van der Waals surface area contributed by atoms with Gasteiger partial charge in [-0.05, 0) is 60.6 Å². The summed E-state index contributed by atoms with van der Waals surface area (Å²) >= 11 is 6.04. The lowest BCUT2D eigenvalue weighted by molar-refractivity contribution is -0.385. The van der Waals surface area contributed by atoms with E-state index in [0.717, 1.165) is 14.8 Å². The Morgan fingerprint density at radius 3 is 2.29 bits per heavy atom. The molecule has 0 spiro atoms. The molecule has 280 valence electrons. The number of carbonyl (C=O) groups is 3. The molecule has 14 nitrogen and oxygen atoms in total. The van der Waals surface area contributed by atoms with Gasteiger partial charge in [-0.15, -0.1) is 0 Å². The third-order valence-corrected chi connectivity index (χ3v) is 10.9. The van der Waals surface area contributed by atoms with Crippen LogP contribution >= 0.6 is 11.6 Å². The summed E-state index contributed by atoms with van der Waals surface area (Å²) in [6.07, 6.45) is -1.28. The number of aryl methyl sites for hydroxylation is 1. The molecule has 0 aromatic heterocycles. The van der Waals surface area contributed by atoms with Gasteiger partial charge in [0.1, 0.15) is 12.6 Å². The van der Waals surface area contributed by atoms with Crippen molar-refractivity contribution in [2.45, 2.75) is 70.7 Å². The van der Waals surface area contributed by atoms with Crippen LogP contribution in [0.3, 0.4) is 0 Å². The molecule has 0 radical (unpaired) electrons. The Balaban J connectivity index is 1.60. The molecule has 3 aromatic carbocycles. The van der Waals surface area contributed by atoms with Gasteiger partial charge < -0.3 is 21.1 Å². The fourth-order valence-corrected chi connectivity index (χ4v) is 7.98. The Morgan fingerprint density at radius 2 is 1.71 bits per heavy atom. The second-order valence-corrected chi connectivity index (χ2v) is 16.1. The van der Waals surface area contributed by atoms with Gasteiger partial charge in [0.2, 0.25) is 15.9 Å². The second kappa shape index (κ2) is 16.8. The van der Waals surface area contributed by atoms with E-state index >= 15 is 0 Å². The second-order valence-electron chi connectivity index (χ2n) is 13.7. The average molecular weight is 757 g/mol. The quantitative estimate of drug-likeness (QED) is 0.0823. The van der Waals surface area contributed by atoms with Gasteiger partial charge in [-0.1, -0.05) is 75.7 Å². The number of nitrogen functional groups attached to an aromatic ring is 1. The number of nitrogens with zero attached hydrogens (tertiary/aromatic N) is 4. The number of nitrogens with one attached hydrogen (secondary N) is 1. The average Bonchev–Trinajstić information content (AvgIpc) is 3.33. The maximum Gasteiger partial charge on any atom is 0.328 e. The molecule has 0 bridgehead atoms. The van der Waals surface area contributed by atoms with Gasteiger partial charge in [-0.25, -0.2) is 13.2 Å². The van der Waals surface area contributed by atoms with Gasteiger partial charge in [0, 0.05) is 24.7 Å². The number of hydrogen-bond acceptors (Lipinski definition) is 9. The molecule has 1 heterocycles. The summed E-state index contributed by atoms with van der Waals surface area (Å²) < 4.78 is 28.9. The third kappa shape index (κ3) is 9.45. The number of amides is 4. The number of imide groups is 1. The van der Waals surface area contributed by atoms with Crippen molar-refractivity contribution in [1.29, 1.82) is 0 Å². The molecule has 1 saturated heterocycles. The first-order valence-corrected chi connectivity index (χ1v) is 18.6. The highest BCUT2D eigenvalue weighted by molar-refractivity contribution is 7.89. The molecule has 4 N–H and O–H groups in total. The molecule has 1 fully saturated rings. The Bertz CT molecular complexity index is 1910. The molecule has 52 heavy (non-hydrogen) atoms. The summed E-state index contributed by atoms with van der Waals surface area (Å²) in [5, 5.41) is 26.1. The predicted molar refractivity (Wildman–Crippen MR) is 197 cm³/mol. The van der Waals surface area contributed by atoms with Crippen molar-refractivity contribution in [3.8, 4) is 0 Å². The van der Waals surface area contributed by atoms with E-state index in [1.807, 2.05) is 32.0 Å². The van der Waals surface area contributed by atoms with Crippen LogP contribution in [0.5, 0.6) is 0 Å². The highest BCUT2D eigenvalue weighted by atomic mass is 35.5. The zero-order chi connectivity index (χ0) is 38.5. The topological polar surface area (TPSA) is 196 Å². The minimum absolute atomic E-state index is 0.0526. The number of urea groups is 1. The normalized spacial score (nSPS) is 15.4. The molecule has 3 atom stereocenters. The first-order chi connectivity index (χ1) is 24.4. The van der Waals surface area contributed by atoms with Gasteiger partial charge in [-0.2, -0.15) is 4.31 Å². The van der Waals surface area contributed by atoms with E-state index in [-0.39, 0.29) is 59.8 Å². The predicted octanol–water partition coefficient (Wildman–Crippen LogP) is 4.36. The minimum Gasteiger partial charge on any atom is -0.397 e. The van der Waals surface area contributed by atoms with Crippen molar-refractivity contribution in [2.75, 3.05) is 25.4 Å². The summed E-state index contributed by atoms with van der Waals surface area (Å²) in [4.78, 5) is 53.8. The molecule has 1 aliphatic rings. The number of rotatable bonds is 16. The number of aliphatic hydroxyl groups is 1. The fourth-order valence-electron chi connectivity index (χ4n) is 6.21. The van der Waals surface area contributed by atoms with Crippen LogP contribution in [0.4, 0.5) is 16.2 Å². The van der Waals surface area contributed by atoms with Crippen LogP contribution in [0, 0.1) is 28.9 Å². The summed E-state index contributed by atoms with van der Waals surface area (Å²) in [6.45, 7) is 7.83. The number of nitrogens with two attached hydrogens (primary N) is 1. The SMILES string of the molecule is Cc1cc(CN2C(=O)CN([C@H](C(=O)N[C@@H](Cc3ccccc3)[C@H](O)CN(CC(C)C)S(=O)(=O)c3ccc(Cl)c(N)c3)C(C)C)C2=O)ccc1[N+](=O)[O-]. The van der Waals surface area contributed by atoms with Crippen molar-refractivity contribution in [2.24, 2.45) is 11.8 Å². The molecule has 1 aliphatic heterocycles.